The summed E-state index contributed by atoms with van der Waals surface area (Å²) in [5.41, 5.74) is 0.867. The first-order valence-corrected chi connectivity index (χ1v) is 9.57. The van der Waals surface area contributed by atoms with Crippen molar-refractivity contribution < 1.29 is 14.3 Å². The number of anilines is 1. The zero-order valence-corrected chi connectivity index (χ0v) is 15.2. The lowest BCUT2D eigenvalue weighted by molar-refractivity contribution is -0.130. The van der Waals surface area contributed by atoms with Gasteiger partial charge in [-0.05, 0) is 37.8 Å². The average Bonchev–Trinajstić information content (AvgIpc) is 3.18. The predicted octanol–water partition coefficient (Wildman–Crippen LogP) is 3.45. The van der Waals surface area contributed by atoms with E-state index in [2.05, 4.69) is 5.32 Å². The Balaban J connectivity index is 1.50. The zero-order chi connectivity index (χ0) is 17.5. The summed E-state index contributed by atoms with van der Waals surface area (Å²) in [6.07, 6.45) is 8.37. The second kappa shape index (κ2) is 9.09. The molecule has 2 aliphatic rings. The molecule has 0 spiro atoms. The molecule has 3 rings (SSSR count). The maximum Gasteiger partial charge on any atom is 0.241 e. The van der Waals surface area contributed by atoms with E-state index in [1.807, 2.05) is 36.2 Å². The van der Waals surface area contributed by atoms with Crippen LogP contribution < -0.4 is 10.1 Å². The molecule has 0 bridgehead atoms. The fourth-order valence-electron chi connectivity index (χ4n) is 3.66. The number of para-hydroxylation sites is 2. The number of ether oxygens (including phenoxy) is 2. The molecule has 1 saturated heterocycles. The third-order valence-electron chi connectivity index (χ3n) is 5.28. The van der Waals surface area contributed by atoms with Gasteiger partial charge in [0.15, 0.2) is 0 Å². The molecule has 25 heavy (non-hydrogen) atoms. The van der Waals surface area contributed by atoms with Crippen molar-refractivity contribution in [3.05, 3.63) is 24.3 Å². The van der Waals surface area contributed by atoms with E-state index in [-0.39, 0.29) is 12.0 Å². The van der Waals surface area contributed by atoms with Gasteiger partial charge in [-0.2, -0.15) is 0 Å². The fraction of sp³-hybridized carbons (Fsp3) is 0.650. The maximum absolute atomic E-state index is 12.5. The SMILES string of the molecule is CN(C(=O)CNc1ccccc1OCC1CCCO1)C1CCCCC1. The summed E-state index contributed by atoms with van der Waals surface area (Å²) < 4.78 is 11.5. The molecule has 1 atom stereocenters. The van der Waals surface area contributed by atoms with Crippen LogP contribution in [0.25, 0.3) is 0 Å². The normalized spacial score (nSPS) is 21.1. The van der Waals surface area contributed by atoms with E-state index in [0.29, 0.717) is 19.2 Å². The summed E-state index contributed by atoms with van der Waals surface area (Å²) in [4.78, 5) is 14.4. The van der Waals surface area contributed by atoms with Gasteiger partial charge in [-0.25, -0.2) is 0 Å². The van der Waals surface area contributed by atoms with E-state index in [1.54, 1.807) is 0 Å². The lowest BCUT2D eigenvalue weighted by Gasteiger charge is -2.31. The van der Waals surface area contributed by atoms with Gasteiger partial charge in [0.25, 0.3) is 0 Å². The molecule has 0 aromatic heterocycles. The van der Waals surface area contributed by atoms with E-state index in [1.165, 1.54) is 19.3 Å². The minimum Gasteiger partial charge on any atom is -0.489 e. The molecule has 1 aromatic rings. The first kappa shape index (κ1) is 18.1. The van der Waals surface area contributed by atoms with E-state index < -0.39 is 0 Å². The lowest BCUT2D eigenvalue weighted by Crippen LogP contribution is -2.41. The molecule has 1 unspecified atom stereocenters. The number of carbonyl (C=O) groups is 1. The molecule has 0 radical (unpaired) electrons. The Kier molecular flexibility index (Phi) is 6.56. The Morgan fingerprint density at radius 3 is 2.76 bits per heavy atom. The van der Waals surface area contributed by atoms with Gasteiger partial charge in [0.05, 0.1) is 18.3 Å². The minimum atomic E-state index is 0.140. The highest BCUT2D eigenvalue weighted by Gasteiger charge is 2.22. The van der Waals surface area contributed by atoms with Crippen molar-refractivity contribution in [2.75, 3.05) is 32.1 Å². The fourth-order valence-corrected chi connectivity index (χ4v) is 3.66. The molecule has 1 amide bonds. The van der Waals surface area contributed by atoms with E-state index in [0.717, 1.165) is 43.7 Å². The van der Waals surface area contributed by atoms with Crippen LogP contribution in [0.15, 0.2) is 24.3 Å². The number of rotatable bonds is 7. The number of hydrogen-bond donors (Lipinski definition) is 1. The number of likely N-dealkylation sites (N-methyl/N-ethyl adjacent to an activating group) is 1. The predicted molar refractivity (Wildman–Crippen MR) is 99.0 cm³/mol. The molecule has 1 saturated carbocycles. The molecule has 1 aromatic carbocycles. The Morgan fingerprint density at radius 2 is 2.00 bits per heavy atom. The summed E-state index contributed by atoms with van der Waals surface area (Å²) in [5, 5.41) is 3.25. The number of benzene rings is 1. The molecule has 1 aliphatic carbocycles. The van der Waals surface area contributed by atoms with Crippen molar-refractivity contribution in [3.63, 3.8) is 0 Å². The zero-order valence-electron chi connectivity index (χ0n) is 15.2. The first-order valence-electron chi connectivity index (χ1n) is 9.57. The van der Waals surface area contributed by atoms with Gasteiger partial charge in [0.2, 0.25) is 5.91 Å². The molecule has 1 N–H and O–H groups in total. The lowest BCUT2D eigenvalue weighted by atomic mass is 9.94. The van der Waals surface area contributed by atoms with Crippen LogP contribution in [-0.4, -0.2) is 49.8 Å². The van der Waals surface area contributed by atoms with Crippen molar-refractivity contribution in [3.8, 4) is 5.75 Å². The molecule has 138 valence electrons. The van der Waals surface area contributed by atoms with E-state index >= 15 is 0 Å². The molecular weight excluding hydrogens is 316 g/mol. The second-order valence-corrected chi connectivity index (χ2v) is 7.09. The molecule has 5 heteroatoms. The third-order valence-corrected chi connectivity index (χ3v) is 5.28. The van der Waals surface area contributed by atoms with Crippen molar-refractivity contribution in [2.24, 2.45) is 0 Å². The molecule has 1 aliphatic heterocycles. The summed E-state index contributed by atoms with van der Waals surface area (Å²) in [5.74, 6) is 0.923. The van der Waals surface area contributed by atoms with Gasteiger partial charge >= 0.3 is 0 Å². The number of carbonyl (C=O) groups excluding carboxylic acids is 1. The number of amides is 1. The van der Waals surface area contributed by atoms with Gasteiger partial charge < -0.3 is 19.7 Å². The van der Waals surface area contributed by atoms with E-state index in [9.17, 15) is 4.79 Å². The van der Waals surface area contributed by atoms with Gasteiger partial charge in [-0.1, -0.05) is 31.4 Å². The van der Waals surface area contributed by atoms with Crippen LogP contribution in [-0.2, 0) is 9.53 Å². The van der Waals surface area contributed by atoms with Crippen LogP contribution >= 0.6 is 0 Å². The van der Waals surface area contributed by atoms with Gasteiger partial charge in [-0.15, -0.1) is 0 Å². The smallest absolute Gasteiger partial charge is 0.241 e. The Labute approximate surface area is 150 Å². The molecule has 5 nitrogen and oxygen atoms in total. The van der Waals surface area contributed by atoms with Crippen LogP contribution in [0.2, 0.25) is 0 Å². The topological polar surface area (TPSA) is 50.8 Å². The Bertz CT molecular complexity index is 552. The van der Waals surface area contributed by atoms with Crippen molar-refractivity contribution in [1.82, 2.24) is 4.90 Å². The second-order valence-electron chi connectivity index (χ2n) is 7.09. The third kappa shape index (κ3) is 5.11. The first-order chi connectivity index (χ1) is 12.2. The highest BCUT2D eigenvalue weighted by Crippen LogP contribution is 2.25. The summed E-state index contributed by atoms with van der Waals surface area (Å²) in [6.45, 7) is 1.69. The number of hydrogen-bond acceptors (Lipinski definition) is 4. The van der Waals surface area contributed by atoms with Crippen molar-refractivity contribution in [1.29, 1.82) is 0 Å². The van der Waals surface area contributed by atoms with Crippen molar-refractivity contribution >= 4 is 11.6 Å². The van der Waals surface area contributed by atoms with Gasteiger partial charge in [0, 0.05) is 19.7 Å². The summed E-state index contributed by atoms with van der Waals surface area (Å²) in [6, 6.07) is 8.20. The minimum absolute atomic E-state index is 0.140. The monoisotopic (exact) mass is 346 g/mol. The molecular formula is C20H30N2O3. The number of nitrogens with zero attached hydrogens (tertiary/aromatic N) is 1. The van der Waals surface area contributed by atoms with Gasteiger partial charge in [0.1, 0.15) is 12.4 Å². The van der Waals surface area contributed by atoms with Crippen LogP contribution in [0.5, 0.6) is 5.75 Å². The average molecular weight is 346 g/mol. The Morgan fingerprint density at radius 1 is 1.20 bits per heavy atom. The van der Waals surface area contributed by atoms with Crippen LogP contribution in [0.4, 0.5) is 5.69 Å². The maximum atomic E-state index is 12.5. The van der Waals surface area contributed by atoms with E-state index in [4.69, 9.17) is 9.47 Å². The Hall–Kier alpha value is -1.75. The highest BCUT2D eigenvalue weighted by atomic mass is 16.5. The van der Waals surface area contributed by atoms with Crippen LogP contribution in [0.1, 0.15) is 44.9 Å². The molecule has 2 fully saturated rings. The van der Waals surface area contributed by atoms with Gasteiger partial charge in [-0.3, -0.25) is 4.79 Å². The number of nitrogens with one attached hydrogen (secondary N) is 1. The van der Waals surface area contributed by atoms with Crippen molar-refractivity contribution in [2.45, 2.75) is 57.1 Å². The largest absolute Gasteiger partial charge is 0.489 e. The highest BCUT2D eigenvalue weighted by molar-refractivity contribution is 5.81. The summed E-state index contributed by atoms with van der Waals surface area (Å²) >= 11 is 0. The summed E-state index contributed by atoms with van der Waals surface area (Å²) in [7, 11) is 1.93. The standard InChI is InChI=1S/C20H30N2O3/c1-22(16-8-3-2-4-9-16)20(23)14-21-18-11-5-6-12-19(18)25-15-17-10-7-13-24-17/h5-6,11-12,16-17,21H,2-4,7-10,13-15H2,1H3. The molecule has 1 heterocycles. The van der Waals surface area contributed by atoms with Crippen LogP contribution in [0.3, 0.4) is 0 Å². The quantitative estimate of drug-likeness (QED) is 0.822. The van der Waals surface area contributed by atoms with Crippen LogP contribution in [0, 0.1) is 0 Å².